The van der Waals surface area contributed by atoms with Crippen molar-refractivity contribution >= 4 is 0 Å². The smallest absolute Gasteiger partial charge is 0.241 e. The molecule has 0 unspecified atom stereocenters. The van der Waals surface area contributed by atoms with Crippen LogP contribution >= 0.6 is 0 Å². The number of piperidine rings is 1. The van der Waals surface area contributed by atoms with E-state index in [0.29, 0.717) is 17.3 Å². The Bertz CT molecular complexity index is 798. The Hall–Kier alpha value is -2.12. The number of nitrogens with zero attached hydrogens (tertiary/aromatic N) is 4. The van der Waals surface area contributed by atoms with Gasteiger partial charge in [-0.2, -0.15) is 4.98 Å². The summed E-state index contributed by atoms with van der Waals surface area (Å²) >= 11 is 0. The van der Waals surface area contributed by atoms with Gasteiger partial charge in [0.15, 0.2) is 11.5 Å². The highest BCUT2D eigenvalue weighted by Gasteiger charge is 2.41. The maximum absolute atomic E-state index is 5.49. The fourth-order valence-corrected chi connectivity index (χ4v) is 4.50. The van der Waals surface area contributed by atoms with E-state index in [1.165, 1.54) is 32.2 Å². The highest BCUT2D eigenvalue weighted by molar-refractivity contribution is 5.61. The van der Waals surface area contributed by atoms with Crippen LogP contribution in [0.25, 0.3) is 11.4 Å². The van der Waals surface area contributed by atoms with Crippen LogP contribution in [-0.4, -0.2) is 59.0 Å². The van der Waals surface area contributed by atoms with Crippen molar-refractivity contribution in [2.75, 3.05) is 33.5 Å². The van der Waals surface area contributed by atoms with Crippen LogP contribution in [0.3, 0.4) is 0 Å². The molecule has 26 heavy (non-hydrogen) atoms. The Balaban J connectivity index is 1.24. The number of hydrogen-bond donors (Lipinski definition) is 0. The van der Waals surface area contributed by atoms with Crippen LogP contribution in [0.15, 0.2) is 22.7 Å². The molecule has 0 aliphatic carbocycles. The summed E-state index contributed by atoms with van der Waals surface area (Å²) < 4.78 is 16.3. The zero-order valence-corrected chi connectivity index (χ0v) is 15.1. The average molecular weight is 356 g/mol. The minimum absolute atomic E-state index is 0.266. The third-order valence-electron chi connectivity index (χ3n) is 6.19. The Morgan fingerprint density at radius 3 is 2.73 bits per heavy atom. The van der Waals surface area contributed by atoms with Gasteiger partial charge in [-0.25, -0.2) is 0 Å². The van der Waals surface area contributed by atoms with Gasteiger partial charge in [-0.05, 0) is 57.5 Å². The molecule has 1 aromatic heterocycles. The lowest BCUT2D eigenvalue weighted by Crippen LogP contribution is -2.50. The molecule has 3 aliphatic heterocycles. The predicted molar refractivity (Wildman–Crippen MR) is 95.0 cm³/mol. The standard InChI is InChI=1S/C19H24N4O3/c1-22-8-2-5-19(22)6-9-23(10-7-19)12-17-20-18(21-26-17)14-3-4-15-16(11-14)25-13-24-15/h3-4,11H,2,5-10,12-13H2,1H3. The summed E-state index contributed by atoms with van der Waals surface area (Å²) in [6.45, 7) is 4.40. The Kier molecular flexibility index (Phi) is 3.86. The van der Waals surface area contributed by atoms with Crippen LogP contribution in [-0.2, 0) is 6.54 Å². The molecule has 0 N–H and O–H groups in total. The lowest BCUT2D eigenvalue weighted by molar-refractivity contribution is 0.0624. The minimum Gasteiger partial charge on any atom is -0.454 e. The van der Waals surface area contributed by atoms with Crippen LogP contribution in [0.1, 0.15) is 31.6 Å². The van der Waals surface area contributed by atoms with E-state index in [4.69, 9.17) is 14.0 Å². The first-order chi connectivity index (χ1) is 12.7. The lowest BCUT2D eigenvalue weighted by atomic mass is 9.85. The topological polar surface area (TPSA) is 63.9 Å². The fourth-order valence-electron chi connectivity index (χ4n) is 4.50. The third-order valence-corrected chi connectivity index (χ3v) is 6.19. The van der Waals surface area contributed by atoms with Crippen LogP contribution in [0.5, 0.6) is 11.5 Å². The molecule has 0 saturated carbocycles. The number of rotatable bonds is 3. The molecule has 1 spiro atoms. The normalized spacial score (nSPS) is 22.3. The summed E-state index contributed by atoms with van der Waals surface area (Å²) in [5.41, 5.74) is 1.32. The van der Waals surface area contributed by atoms with Crippen molar-refractivity contribution in [3.63, 3.8) is 0 Å². The first-order valence-electron chi connectivity index (χ1n) is 9.38. The summed E-state index contributed by atoms with van der Waals surface area (Å²) in [6.07, 6.45) is 5.13. The van der Waals surface area contributed by atoms with E-state index in [9.17, 15) is 0 Å². The maximum atomic E-state index is 5.49. The third kappa shape index (κ3) is 2.75. The van der Waals surface area contributed by atoms with E-state index in [1.54, 1.807) is 0 Å². The van der Waals surface area contributed by atoms with Gasteiger partial charge in [0.2, 0.25) is 18.5 Å². The summed E-state index contributed by atoms with van der Waals surface area (Å²) in [5, 5.41) is 4.14. The number of ether oxygens (including phenoxy) is 2. The first-order valence-corrected chi connectivity index (χ1v) is 9.38. The van der Waals surface area contributed by atoms with Gasteiger partial charge in [0.1, 0.15) is 0 Å². The largest absolute Gasteiger partial charge is 0.454 e. The van der Waals surface area contributed by atoms with Gasteiger partial charge in [0, 0.05) is 24.2 Å². The van der Waals surface area contributed by atoms with Gasteiger partial charge in [-0.1, -0.05) is 5.16 Å². The fraction of sp³-hybridized carbons (Fsp3) is 0.579. The second-order valence-corrected chi connectivity index (χ2v) is 7.61. The van der Waals surface area contributed by atoms with Crippen LogP contribution in [0, 0.1) is 0 Å². The molecule has 2 saturated heterocycles. The number of benzene rings is 1. The summed E-state index contributed by atoms with van der Waals surface area (Å²) in [5.74, 6) is 2.77. The van der Waals surface area contributed by atoms with Crippen molar-refractivity contribution in [3.05, 3.63) is 24.1 Å². The van der Waals surface area contributed by atoms with E-state index in [0.717, 1.165) is 36.7 Å². The van der Waals surface area contributed by atoms with E-state index < -0.39 is 0 Å². The Morgan fingerprint density at radius 2 is 1.92 bits per heavy atom. The van der Waals surface area contributed by atoms with Gasteiger partial charge < -0.3 is 18.9 Å². The molecule has 5 rings (SSSR count). The molecule has 0 amide bonds. The van der Waals surface area contributed by atoms with Gasteiger partial charge in [0.25, 0.3) is 0 Å². The molecule has 7 nitrogen and oxygen atoms in total. The number of fused-ring (bicyclic) bond motifs is 1. The van der Waals surface area contributed by atoms with Crippen LogP contribution in [0.4, 0.5) is 0 Å². The Morgan fingerprint density at radius 1 is 1.08 bits per heavy atom. The number of aromatic nitrogens is 2. The zero-order valence-electron chi connectivity index (χ0n) is 15.1. The highest BCUT2D eigenvalue weighted by atomic mass is 16.7. The number of hydrogen-bond acceptors (Lipinski definition) is 7. The van der Waals surface area contributed by atoms with Crippen molar-refractivity contribution in [3.8, 4) is 22.9 Å². The molecule has 0 atom stereocenters. The molecule has 4 heterocycles. The van der Waals surface area contributed by atoms with Gasteiger partial charge in [0.05, 0.1) is 6.54 Å². The van der Waals surface area contributed by atoms with E-state index in [2.05, 4.69) is 27.0 Å². The Labute approximate surface area is 152 Å². The van der Waals surface area contributed by atoms with Gasteiger partial charge in [-0.15, -0.1) is 0 Å². The minimum atomic E-state index is 0.266. The SMILES string of the molecule is CN1CCCC12CCN(Cc1nc(-c3ccc4c(c3)OCO4)no1)CC2. The van der Waals surface area contributed by atoms with Gasteiger partial charge in [-0.3, -0.25) is 4.90 Å². The molecule has 2 fully saturated rings. The van der Waals surface area contributed by atoms with Gasteiger partial charge >= 0.3 is 0 Å². The second-order valence-electron chi connectivity index (χ2n) is 7.61. The maximum Gasteiger partial charge on any atom is 0.241 e. The molecular formula is C19H24N4O3. The summed E-state index contributed by atoms with van der Waals surface area (Å²) in [4.78, 5) is 9.57. The average Bonchev–Trinajstić information content (AvgIpc) is 3.38. The molecule has 3 aliphatic rings. The lowest BCUT2D eigenvalue weighted by Gasteiger charge is -2.43. The predicted octanol–water partition coefficient (Wildman–Crippen LogP) is 2.53. The van der Waals surface area contributed by atoms with Crippen molar-refractivity contribution in [1.29, 1.82) is 0 Å². The second kappa shape index (κ2) is 6.25. The first kappa shape index (κ1) is 16.1. The van der Waals surface area contributed by atoms with Crippen molar-refractivity contribution in [2.45, 2.75) is 37.8 Å². The summed E-state index contributed by atoms with van der Waals surface area (Å²) in [7, 11) is 2.28. The van der Waals surface area contributed by atoms with Crippen molar-refractivity contribution < 1.29 is 14.0 Å². The molecule has 0 radical (unpaired) electrons. The molecule has 7 heteroatoms. The molecule has 1 aromatic carbocycles. The zero-order chi connectivity index (χ0) is 17.6. The van der Waals surface area contributed by atoms with Crippen LogP contribution < -0.4 is 9.47 Å². The van der Waals surface area contributed by atoms with E-state index in [1.807, 2.05) is 18.2 Å². The molecular weight excluding hydrogens is 332 g/mol. The van der Waals surface area contributed by atoms with Crippen molar-refractivity contribution in [1.82, 2.24) is 19.9 Å². The molecule has 2 aromatic rings. The van der Waals surface area contributed by atoms with E-state index in [-0.39, 0.29) is 6.79 Å². The molecule has 138 valence electrons. The highest BCUT2D eigenvalue weighted by Crippen LogP contribution is 2.38. The quantitative estimate of drug-likeness (QED) is 0.837. The van der Waals surface area contributed by atoms with Crippen molar-refractivity contribution in [2.24, 2.45) is 0 Å². The number of likely N-dealkylation sites (tertiary alicyclic amines) is 2. The molecule has 0 bridgehead atoms. The summed E-state index contributed by atoms with van der Waals surface area (Å²) in [6, 6.07) is 5.72. The van der Waals surface area contributed by atoms with E-state index >= 15 is 0 Å². The monoisotopic (exact) mass is 356 g/mol. The van der Waals surface area contributed by atoms with Crippen LogP contribution in [0.2, 0.25) is 0 Å².